The summed E-state index contributed by atoms with van der Waals surface area (Å²) in [7, 11) is 0. The van der Waals surface area contributed by atoms with Crippen LogP contribution < -0.4 is 0 Å². The first-order valence-corrected chi connectivity index (χ1v) is 20.8. The Kier molecular flexibility index (Phi) is 44.7. The Labute approximate surface area is 346 Å². The number of nitrogens with zero attached hydrogens (tertiary/aromatic N) is 1. The van der Waals surface area contributed by atoms with Crippen molar-refractivity contribution < 1.29 is 87.5 Å². The number of carbonyl (C=O) groups excluding carboxylic acids is 1. The van der Waals surface area contributed by atoms with Crippen molar-refractivity contribution in [1.29, 1.82) is 0 Å². The van der Waals surface area contributed by atoms with Crippen molar-refractivity contribution in [1.82, 2.24) is 4.90 Å². The van der Waals surface area contributed by atoms with E-state index in [1.807, 2.05) is 4.90 Å². The molecule has 0 aromatic heterocycles. The average molecular weight is 850 g/mol. The van der Waals surface area contributed by atoms with Crippen LogP contribution in [0.5, 0.6) is 0 Å². The number of hydrogen-bond donors (Lipinski definition) is 6. The summed E-state index contributed by atoms with van der Waals surface area (Å²) in [5.41, 5.74) is 0. The fraction of sp³-hybridized carbons (Fsp3) is 0.974. The number of unbranched alkanes of at least 4 members (excludes halogenated alkanes) is 2. The van der Waals surface area contributed by atoms with Gasteiger partial charge in [-0.2, -0.15) is 0 Å². The van der Waals surface area contributed by atoms with Crippen LogP contribution in [0.25, 0.3) is 0 Å². The maximum atomic E-state index is 10.8. The van der Waals surface area contributed by atoms with Crippen LogP contribution in [-0.2, 0) is 56.9 Å². The van der Waals surface area contributed by atoms with Crippen molar-refractivity contribution in [3.05, 3.63) is 0 Å². The van der Waals surface area contributed by atoms with E-state index >= 15 is 0 Å². The van der Waals surface area contributed by atoms with Gasteiger partial charge in [-0.05, 0) is 39.0 Å². The average Bonchev–Trinajstić information content (AvgIpc) is 3.22. The smallest absolute Gasteiger partial charge is 0.132 e. The molecule has 0 bridgehead atoms. The van der Waals surface area contributed by atoms with Gasteiger partial charge in [0.05, 0.1) is 158 Å². The molecular weight excluding hydrogens is 770 g/mol. The van der Waals surface area contributed by atoms with E-state index in [1.54, 1.807) is 6.92 Å². The number of hydrogen-bond acceptors (Lipinski definition) is 19. The molecule has 19 heteroatoms. The number of aliphatic hydroxyl groups excluding tert-OH is 6. The van der Waals surface area contributed by atoms with Gasteiger partial charge in [-0.25, -0.2) is 0 Å². The molecule has 0 aliphatic carbocycles. The topological polar surface area (TPSA) is 243 Å². The minimum absolute atomic E-state index is 0.121. The molecule has 348 valence electrons. The van der Waals surface area contributed by atoms with Gasteiger partial charge < -0.3 is 87.6 Å². The van der Waals surface area contributed by atoms with Gasteiger partial charge in [-0.3, -0.25) is 4.79 Å². The number of ketones is 1. The summed E-state index contributed by atoms with van der Waals surface area (Å²) in [6, 6.07) is 0. The Balaban J connectivity index is 3.39. The molecule has 58 heavy (non-hydrogen) atoms. The zero-order valence-corrected chi connectivity index (χ0v) is 35.2. The maximum absolute atomic E-state index is 10.8. The van der Waals surface area contributed by atoms with E-state index in [1.165, 1.54) is 0 Å². The molecule has 0 aliphatic heterocycles. The third-order valence-electron chi connectivity index (χ3n) is 8.32. The molecule has 0 saturated carbocycles. The Morgan fingerprint density at radius 3 is 0.948 bits per heavy atom. The van der Waals surface area contributed by atoms with E-state index in [4.69, 9.17) is 62.3 Å². The van der Waals surface area contributed by atoms with Crippen LogP contribution in [0.4, 0.5) is 0 Å². The van der Waals surface area contributed by atoms with Crippen LogP contribution in [0.2, 0.25) is 0 Å². The molecule has 6 N–H and O–H groups in total. The predicted molar refractivity (Wildman–Crippen MR) is 212 cm³/mol. The van der Waals surface area contributed by atoms with E-state index in [0.29, 0.717) is 171 Å². The van der Waals surface area contributed by atoms with Gasteiger partial charge in [0.15, 0.2) is 0 Å². The fourth-order valence-electron chi connectivity index (χ4n) is 4.77. The summed E-state index contributed by atoms with van der Waals surface area (Å²) < 4.78 is 60.5. The van der Waals surface area contributed by atoms with Crippen molar-refractivity contribution in [3.8, 4) is 0 Å². The van der Waals surface area contributed by atoms with Crippen molar-refractivity contribution in [2.45, 2.75) is 69.9 Å². The first kappa shape index (κ1) is 57.0. The zero-order chi connectivity index (χ0) is 42.6. The predicted octanol–water partition coefficient (Wildman–Crippen LogP) is -1.17. The standard InChI is InChI=1S/C39H79NO18/c1-35(43)7-13-50-17-21-54-25-29-56-27-23-52-19-15-48-11-3-2-4-12-49-16-20-53-24-28-57-31-32-58-30-26-55-22-18-51-14-10-40(8-5-36(44)38(46)33-41)9-6-37(45)39(47)34-42/h36-39,41-42,44-47H,2-34H2,1H3/t36-,37-,38+,39+/m1/s1. The number of Topliss-reactive ketones (excluding diaryl/α,β-unsaturated/α-hetero) is 1. The highest BCUT2D eigenvalue weighted by Crippen LogP contribution is 2.06. The summed E-state index contributed by atoms with van der Waals surface area (Å²) in [5, 5.41) is 57.1. The molecule has 0 fully saturated rings. The Morgan fingerprint density at radius 1 is 0.379 bits per heavy atom. The molecule has 4 atom stereocenters. The molecule has 0 saturated heterocycles. The second-order valence-electron chi connectivity index (χ2n) is 13.3. The van der Waals surface area contributed by atoms with Crippen LogP contribution >= 0.6 is 0 Å². The largest absolute Gasteiger partial charge is 0.394 e. The van der Waals surface area contributed by atoms with Crippen LogP contribution in [0.15, 0.2) is 0 Å². The van der Waals surface area contributed by atoms with Gasteiger partial charge in [0.25, 0.3) is 0 Å². The zero-order valence-electron chi connectivity index (χ0n) is 35.2. The maximum Gasteiger partial charge on any atom is 0.132 e. The van der Waals surface area contributed by atoms with Crippen LogP contribution in [0.1, 0.15) is 45.4 Å². The van der Waals surface area contributed by atoms with Crippen LogP contribution in [0.3, 0.4) is 0 Å². The van der Waals surface area contributed by atoms with E-state index < -0.39 is 37.6 Å². The first-order valence-electron chi connectivity index (χ1n) is 20.8. The summed E-state index contributed by atoms with van der Waals surface area (Å²) >= 11 is 0. The Hall–Kier alpha value is -1.05. The molecule has 0 aromatic rings. The lowest BCUT2D eigenvalue weighted by molar-refractivity contribution is -0.118. The lowest BCUT2D eigenvalue weighted by Gasteiger charge is -2.26. The molecule has 0 aliphatic rings. The third kappa shape index (κ3) is 41.7. The third-order valence-corrected chi connectivity index (χ3v) is 8.32. The van der Waals surface area contributed by atoms with Gasteiger partial charge in [0.2, 0.25) is 0 Å². The molecule has 0 rings (SSSR count). The van der Waals surface area contributed by atoms with Crippen molar-refractivity contribution in [3.63, 3.8) is 0 Å². The molecule has 19 nitrogen and oxygen atoms in total. The van der Waals surface area contributed by atoms with Crippen molar-refractivity contribution in [2.75, 3.05) is 178 Å². The Bertz CT molecular complexity index is 817. The molecule has 0 radical (unpaired) electrons. The summed E-state index contributed by atoms with van der Waals surface area (Å²) in [5.74, 6) is 0.121. The van der Waals surface area contributed by atoms with E-state index in [-0.39, 0.29) is 18.6 Å². The lowest BCUT2D eigenvalue weighted by Crippen LogP contribution is -2.38. The van der Waals surface area contributed by atoms with Gasteiger partial charge in [-0.1, -0.05) is 0 Å². The highest BCUT2D eigenvalue weighted by Gasteiger charge is 2.19. The number of ether oxygens (including phenoxy) is 11. The van der Waals surface area contributed by atoms with Gasteiger partial charge in [-0.15, -0.1) is 0 Å². The normalized spacial score (nSPS) is 14.0. The van der Waals surface area contributed by atoms with Crippen molar-refractivity contribution >= 4 is 5.78 Å². The molecule has 0 spiro atoms. The monoisotopic (exact) mass is 850 g/mol. The lowest BCUT2D eigenvalue weighted by atomic mass is 10.1. The highest BCUT2D eigenvalue weighted by molar-refractivity contribution is 5.75. The van der Waals surface area contributed by atoms with Crippen LogP contribution in [-0.4, -0.2) is 244 Å². The molecule has 0 aromatic carbocycles. The molecule has 0 unspecified atom stereocenters. The van der Waals surface area contributed by atoms with E-state index in [9.17, 15) is 25.2 Å². The Morgan fingerprint density at radius 2 is 0.655 bits per heavy atom. The SMILES string of the molecule is CC(=O)CCOCCOCCOCCOCCOCCCCCOCCOCCOCCOCCOCCOCCN(CC[C@@H](O)[C@@H](O)CO)CC[C@@H](O)[C@@H](O)CO. The summed E-state index contributed by atoms with van der Waals surface area (Å²) in [6.45, 7) is 12.5. The molecule has 0 heterocycles. The second-order valence-corrected chi connectivity index (χ2v) is 13.3. The van der Waals surface area contributed by atoms with E-state index in [0.717, 1.165) is 19.3 Å². The van der Waals surface area contributed by atoms with Gasteiger partial charge in [0.1, 0.15) is 18.0 Å². The van der Waals surface area contributed by atoms with Gasteiger partial charge >= 0.3 is 0 Å². The van der Waals surface area contributed by atoms with E-state index in [2.05, 4.69) is 0 Å². The van der Waals surface area contributed by atoms with Crippen LogP contribution in [0, 0.1) is 0 Å². The minimum atomic E-state index is -1.23. The minimum Gasteiger partial charge on any atom is -0.394 e. The second kappa shape index (κ2) is 45.5. The first-order chi connectivity index (χ1) is 28.3. The number of carbonyl (C=O) groups is 1. The fourth-order valence-corrected chi connectivity index (χ4v) is 4.77. The molecular formula is C39H79NO18. The number of rotatable bonds is 49. The highest BCUT2D eigenvalue weighted by atomic mass is 16.6. The molecule has 0 amide bonds. The quantitative estimate of drug-likeness (QED) is 0.0395. The van der Waals surface area contributed by atoms with Crippen molar-refractivity contribution in [2.24, 2.45) is 0 Å². The summed E-state index contributed by atoms with van der Waals surface area (Å²) in [6.07, 6.45) is -0.821. The summed E-state index contributed by atoms with van der Waals surface area (Å²) in [4.78, 5) is 12.7. The number of aliphatic hydroxyl groups is 6. The van der Waals surface area contributed by atoms with Gasteiger partial charge in [0, 0.05) is 39.3 Å².